The van der Waals surface area contributed by atoms with Crippen LogP contribution in [0.25, 0.3) is 0 Å². The average molecular weight is 853 g/mol. The molecule has 0 heterocycles. The zero-order valence-electron chi connectivity index (χ0n) is 41.7. The summed E-state index contributed by atoms with van der Waals surface area (Å²) in [7, 11) is 0. The van der Waals surface area contributed by atoms with Gasteiger partial charge < -0.3 is 30.4 Å². The molecule has 4 N–H and O–H groups in total. The fraction of sp³-hybridized carbons (Fsp3) is 0.963. The van der Waals surface area contributed by atoms with Crippen LogP contribution in [0.4, 0.5) is 0 Å². The molecule has 60 heavy (non-hydrogen) atoms. The van der Waals surface area contributed by atoms with Gasteiger partial charge >= 0.3 is 0 Å². The van der Waals surface area contributed by atoms with Gasteiger partial charge in [0, 0.05) is 11.9 Å². The first kappa shape index (κ1) is 63.2. The molecule has 0 saturated heterocycles. The second-order valence-electron chi connectivity index (χ2n) is 18.4. The van der Waals surface area contributed by atoms with Crippen LogP contribution in [0, 0.1) is 0 Å². The zero-order chi connectivity index (χ0) is 44.5. The van der Waals surface area contributed by atoms with Crippen molar-refractivity contribution in [1.29, 1.82) is 0 Å². The maximum atomic E-state index is 9.50. The highest BCUT2D eigenvalue weighted by molar-refractivity contribution is 5.72. The molecule has 0 aliphatic carbocycles. The van der Waals surface area contributed by atoms with Crippen molar-refractivity contribution in [3.05, 3.63) is 0 Å². The van der Waals surface area contributed by atoms with Gasteiger partial charge in [0.15, 0.2) is 0 Å². The molecule has 0 saturated carbocycles. The van der Waals surface area contributed by atoms with Crippen molar-refractivity contribution in [1.82, 2.24) is 0 Å². The van der Waals surface area contributed by atoms with Crippen molar-refractivity contribution in [2.75, 3.05) is 26.2 Å². The smallest absolute Gasteiger partial charge is 0.0755 e. The van der Waals surface area contributed by atoms with Gasteiger partial charge in [-0.3, -0.25) is 0 Å². The van der Waals surface area contributed by atoms with Gasteiger partial charge in [-0.15, -0.1) is 0 Å². The van der Waals surface area contributed by atoms with Crippen LogP contribution < -0.4 is 20.8 Å². The number of carbonyl (C=O) groups is 2. The van der Waals surface area contributed by atoms with Crippen molar-refractivity contribution in [2.24, 2.45) is 0 Å². The lowest BCUT2D eigenvalue weighted by Gasteiger charge is -2.04. The summed E-state index contributed by atoms with van der Waals surface area (Å²) in [6.07, 6.45) is 60.2. The van der Waals surface area contributed by atoms with E-state index in [1.54, 1.807) is 0 Å². The van der Waals surface area contributed by atoms with Crippen molar-refractivity contribution >= 4 is 11.9 Å². The van der Waals surface area contributed by atoms with Crippen LogP contribution >= 0.6 is 0 Å². The minimum Gasteiger partial charge on any atom is -0.550 e. The molecule has 0 bridgehead atoms. The summed E-state index contributed by atoms with van der Waals surface area (Å²) in [5.41, 5.74) is 0. The number of carboxylic acid groups (broad SMARTS) is 2. The fourth-order valence-corrected chi connectivity index (χ4v) is 7.95. The minimum atomic E-state index is -1.37. The normalized spacial score (nSPS) is 10.9. The van der Waals surface area contributed by atoms with E-state index >= 15 is 0 Å². The van der Waals surface area contributed by atoms with Gasteiger partial charge in [-0.25, -0.2) is 0 Å². The fourth-order valence-electron chi connectivity index (χ4n) is 7.95. The molecule has 0 rings (SSSR count). The summed E-state index contributed by atoms with van der Waals surface area (Å²) in [5, 5.41) is 24.1. The van der Waals surface area contributed by atoms with E-state index in [-0.39, 0.29) is 0 Å². The molecule has 0 amide bonds. The molecule has 0 aromatic rings. The lowest BCUT2D eigenvalue weighted by Crippen LogP contribution is -2.84. The summed E-state index contributed by atoms with van der Waals surface area (Å²) < 4.78 is 0. The summed E-state index contributed by atoms with van der Waals surface area (Å²) in [5.74, 6) is -2.73. The Morgan fingerprint density at radius 1 is 0.250 bits per heavy atom. The molecule has 0 fully saturated rings. The highest BCUT2D eigenvalue weighted by atomic mass is 16.4. The highest BCUT2D eigenvalue weighted by Crippen LogP contribution is 2.13. The standard InChI is InChI=1S/2C25H53N.C4H6O4/c2*1-3-5-7-9-11-13-15-17-19-21-23-25-26-24-22-20-18-16-14-12-10-8-6-4-2;5-3(6)1-2-4(7)8/h2*26H,3-25H2,1-2H3;1-2H2,(H,5,6)(H,7,8). The lowest BCUT2D eigenvalue weighted by atomic mass is 10.1. The Morgan fingerprint density at radius 2 is 0.383 bits per heavy atom. The third kappa shape index (κ3) is 71.4. The largest absolute Gasteiger partial charge is 0.550 e. The van der Waals surface area contributed by atoms with Crippen LogP contribution in [0.1, 0.15) is 310 Å². The Hall–Kier alpha value is -1.14. The topological polar surface area (TPSA) is 113 Å². The van der Waals surface area contributed by atoms with Gasteiger partial charge in [0.05, 0.1) is 26.2 Å². The van der Waals surface area contributed by atoms with Crippen LogP contribution in [-0.4, -0.2) is 38.1 Å². The Balaban J connectivity index is -0.000000915. The molecule has 0 aromatic carbocycles. The highest BCUT2D eigenvalue weighted by Gasteiger charge is 1.98. The summed E-state index contributed by atoms with van der Waals surface area (Å²) in [6.45, 7) is 14.7. The van der Waals surface area contributed by atoms with E-state index in [1.165, 1.54) is 296 Å². The van der Waals surface area contributed by atoms with Crippen LogP contribution in [0.5, 0.6) is 0 Å². The number of aliphatic carboxylic acids is 2. The van der Waals surface area contributed by atoms with Crippen molar-refractivity contribution in [3.8, 4) is 0 Å². The molecule has 0 unspecified atom stereocenters. The minimum absolute atomic E-state index is 0.470. The third-order valence-corrected chi connectivity index (χ3v) is 12.1. The second kappa shape index (κ2) is 62.2. The molecule has 6 heteroatoms. The van der Waals surface area contributed by atoms with Gasteiger partial charge in [-0.1, -0.05) is 246 Å². The van der Waals surface area contributed by atoms with E-state index in [9.17, 15) is 19.8 Å². The molecule has 6 nitrogen and oxygen atoms in total. The summed E-state index contributed by atoms with van der Waals surface area (Å²) in [6, 6.07) is 0. The SMILES string of the molecule is CCCCCCCCCCCCC[NH2+]CCCCCCCCCCCC.CCCCCCCCCCCCC[NH2+]CCCCCCCCCCCC.O=C([O-])CCC(=O)[O-]. The van der Waals surface area contributed by atoms with Gasteiger partial charge in [0.25, 0.3) is 0 Å². The van der Waals surface area contributed by atoms with Crippen LogP contribution in [0.15, 0.2) is 0 Å². The number of quaternary nitrogens is 2. The van der Waals surface area contributed by atoms with Crippen molar-refractivity contribution in [3.63, 3.8) is 0 Å². The average Bonchev–Trinajstić information content (AvgIpc) is 3.24. The number of carboxylic acids is 2. The Bertz CT molecular complexity index is 654. The number of nitrogens with two attached hydrogens (primary N) is 2. The lowest BCUT2D eigenvalue weighted by molar-refractivity contribution is -0.655. The Kier molecular flexibility index (Phi) is 65.4. The molecule has 0 radical (unpaired) electrons. The molecule has 362 valence electrons. The van der Waals surface area contributed by atoms with Gasteiger partial charge in [0.1, 0.15) is 0 Å². The zero-order valence-corrected chi connectivity index (χ0v) is 41.7. The predicted molar refractivity (Wildman–Crippen MR) is 259 cm³/mol. The molecule has 0 aliphatic rings. The van der Waals surface area contributed by atoms with E-state index in [0.29, 0.717) is 0 Å². The molecular formula is C54H112N2O4. The van der Waals surface area contributed by atoms with Gasteiger partial charge in [-0.05, 0) is 64.2 Å². The van der Waals surface area contributed by atoms with Crippen LogP contribution in [0.2, 0.25) is 0 Å². The second-order valence-corrected chi connectivity index (χ2v) is 18.4. The predicted octanol–water partition coefficient (Wildman–Crippen LogP) is 12.8. The van der Waals surface area contributed by atoms with Crippen molar-refractivity contribution < 1.29 is 30.4 Å². The molecular weight excluding hydrogens is 741 g/mol. The first-order valence-electron chi connectivity index (χ1n) is 27.5. The van der Waals surface area contributed by atoms with E-state index in [1.807, 2.05) is 0 Å². The van der Waals surface area contributed by atoms with Crippen molar-refractivity contribution in [2.45, 2.75) is 310 Å². The van der Waals surface area contributed by atoms with E-state index in [0.717, 1.165) is 0 Å². The maximum absolute atomic E-state index is 9.50. The number of hydrogen-bond donors (Lipinski definition) is 2. The molecule has 0 aliphatic heterocycles. The number of rotatable bonds is 49. The summed E-state index contributed by atoms with van der Waals surface area (Å²) in [4.78, 5) is 19.0. The quantitative estimate of drug-likeness (QED) is 0.0593. The first-order chi connectivity index (χ1) is 29.5. The Labute approximate surface area is 377 Å². The third-order valence-electron chi connectivity index (χ3n) is 12.1. The number of unbranched alkanes of at least 4 members (excludes halogenated alkanes) is 38. The summed E-state index contributed by atoms with van der Waals surface area (Å²) >= 11 is 0. The Morgan fingerprint density at radius 3 is 0.517 bits per heavy atom. The van der Waals surface area contributed by atoms with Crippen LogP contribution in [0.3, 0.4) is 0 Å². The van der Waals surface area contributed by atoms with E-state index in [2.05, 4.69) is 38.3 Å². The molecule has 0 spiro atoms. The van der Waals surface area contributed by atoms with Gasteiger partial charge in [-0.2, -0.15) is 0 Å². The van der Waals surface area contributed by atoms with E-state index < -0.39 is 24.8 Å². The first-order valence-corrected chi connectivity index (χ1v) is 27.5. The maximum Gasteiger partial charge on any atom is 0.0755 e. The number of hydrogen-bond acceptors (Lipinski definition) is 4. The van der Waals surface area contributed by atoms with E-state index in [4.69, 9.17) is 0 Å². The molecule has 0 aromatic heterocycles. The van der Waals surface area contributed by atoms with Crippen LogP contribution in [-0.2, 0) is 9.59 Å². The monoisotopic (exact) mass is 853 g/mol. The molecule has 0 atom stereocenters. The number of carbonyl (C=O) groups excluding carboxylic acids is 2. The van der Waals surface area contributed by atoms with Gasteiger partial charge in [0.2, 0.25) is 0 Å².